The maximum absolute atomic E-state index is 13.0. The first kappa shape index (κ1) is 16.9. The first-order chi connectivity index (χ1) is 12.0. The molecule has 0 aliphatic carbocycles. The maximum Gasteiger partial charge on any atom is 0.303 e. The summed E-state index contributed by atoms with van der Waals surface area (Å²) in [6.45, 7) is 2.67. The lowest BCUT2D eigenvalue weighted by Crippen LogP contribution is -2.29. The summed E-state index contributed by atoms with van der Waals surface area (Å²) >= 11 is 0. The van der Waals surface area contributed by atoms with Gasteiger partial charge in [-0.05, 0) is 25.0 Å². The second-order valence-electron chi connectivity index (χ2n) is 6.27. The summed E-state index contributed by atoms with van der Waals surface area (Å²) in [5.41, 5.74) is 2.12. The number of nitrogens with zero attached hydrogens (tertiary/aromatic N) is 3. The smallest absolute Gasteiger partial charge is 0.303 e. The molecular weight excluding hydrogens is 324 g/mol. The van der Waals surface area contributed by atoms with Crippen LogP contribution in [-0.2, 0) is 4.79 Å². The number of carbonyl (C=O) groups is 2. The predicted molar refractivity (Wildman–Crippen MR) is 88.5 cm³/mol. The van der Waals surface area contributed by atoms with Crippen LogP contribution in [-0.4, -0.2) is 57.5 Å². The Hall–Kier alpha value is -2.90. The van der Waals surface area contributed by atoms with Crippen molar-refractivity contribution in [1.82, 2.24) is 20.3 Å². The topological polar surface area (TPSA) is 108 Å². The predicted octanol–water partition coefficient (Wildman–Crippen LogP) is 1.45. The molecule has 8 nitrogen and oxygen atoms in total. The zero-order chi connectivity index (χ0) is 18.0. The quantitative estimate of drug-likeness (QED) is 0.850. The molecule has 132 valence electrons. The SMILES string of the molecule is COc1ccc(C)cc1C(=O)N1C[C@@H](CC(=O)O)[C@@H](c2cn[nH]n2)C1. The largest absolute Gasteiger partial charge is 0.496 e. The monoisotopic (exact) mass is 344 g/mol. The van der Waals surface area contributed by atoms with Gasteiger partial charge in [0.25, 0.3) is 5.91 Å². The van der Waals surface area contributed by atoms with Crippen molar-refractivity contribution >= 4 is 11.9 Å². The molecule has 0 bridgehead atoms. The zero-order valence-electron chi connectivity index (χ0n) is 14.1. The number of aliphatic carboxylic acids is 1. The number of ether oxygens (including phenoxy) is 1. The third-order valence-corrected chi connectivity index (χ3v) is 4.56. The number of carbonyl (C=O) groups excluding carboxylic acids is 1. The van der Waals surface area contributed by atoms with Crippen LogP contribution in [0.25, 0.3) is 0 Å². The lowest BCUT2D eigenvalue weighted by molar-refractivity contribution is -0.138. The molecule has 1 fully saturated rings. The Morgan fingerprint density at radius 1 is 1.40 bits per heavy atom. The van der Waals surface area contributed by atoms with Crippen LogP contribution in [0.1, 0.15) is 34.0 Å². The maximum atomic E-state index is 13.0. The van der Waals surface area contributed by atoms with E-state index < -0.39 is 5.97 Å². The first-order valence-electron chi connectivity index (χ1n) is 8.01. The highest BCUT2D eigenvalue weighted by atomic mass is 16.5. The van der Waals surface area contributed by atoms with Crippen LogP contribution < -0.4 is 4.74 Å². The van der Waals surface area contributed by atoms with Gasteiger partial charge in [0.2, 0.25) is 0 Å². The number of aromatic amines is 1. The van der Waals surface area contributed by atoms with Crippen molar-refractivity contribution in [2.45, 2.75) is 19.3 Å². The van der Waals surface area contributed by atoms with Gasteiger partial charge in [-0.25, -0.2) is 0 Å². The van der Waals surface area contributed by atoms with Gasteiger partial charge in [0.05, 0.1) is 31.0 Å². The van der Waals surface area contributed by atoms with Crippen molar-refractivity contribution in [2.75, 3.05) is 20.2 Å². The molecule has 2 atom stereocenters. The summed E-state index contributed by atoms with van der Waals surface area (Å²) in [4.78, 5) is 25.8. The van der Waals surface area contributed by atoms with Crippen molar-refractivity contribution in [1.29, 1.82) is 0 Å². The fourth-order valence-corrected chi connectivity index (χ4v) is 3.35. The minimum absolute atomic E-state index is 0.0216. The van der Waals surface area contributed by atoms with E-state index in [0.29, 0.717) is 30.1 Å². The van der Waals surface area contributed by atoms with Gasteiger partial charge in [-0.15, -0.1) is 0 Å². The number of H-pyrrole nitrogens is 1. The summed E-state index contributed by atoms with van der Waals surface area (Å²) in [7, 11) is 1.52. The number of methoxy groups -OCH3 is 1. The highest BCUT2D eigenvalue weighted by molar-refractivity contribution is 5.97. The van der Waals surface area contributed by atoms with E-state index in [1.165, 1.54) is 7.11 Å². The standard InChI is InChI=1S/C17H20N4O4/c1-10-3-4-15(25-2)12(5-10)17(24)21-8-11(6-16(22)23)13(9-21)14-7-18-20-19-14/h3-5,7,11,13H,6,8-9H2,1-2H3,(H,22,23)(H,18,19,20)/t11-,13+/m1/s1. The fourth-order valence-electron chi connectivity index (χ4n) is 3.35. The molecule has 1 aromatic heterocycles. The van der Waals surface area contributed by atoms with E-state index in [4.69, 9.17) is 4.74 Å². The average molecular weight is 344 g/mol. The van der Waals surface area contributed by atoms with Crippen molar-refractivity contribution in [3.05, 3.63) is 41.2 Å². The molecule has 3 rings (SSSR count). The third-order valence-electron chi connectivity index (χ3n) is 4.56. The van der Waals surface area contributed by atoms with E-state index in [1.807, 2.05) is 13.0 Å². The lowest BCUT2D eigenvalue weighted by atomic mass is 9.91. The molecule has 2 aromatic rings. The van der Waals surface area contributed by atoms with Gasteiger partial charge in [0.15, 0.2) is 0 Å². The number of hydrogen-bond acceptors (Lipinski definition) is 5. The van der Waals surface area contributed by atoms with Crippen LogP contribution in [0.4, 0.5) is 0 Å². The summed E-state index contributed by atoms with van der Waals surface area (Å²) < 4.78 is 5.30. The molecule has 1 amide bonds. The summed E-state index contributed by atoms with van der Waals surface area (Å²) in [5, 5.41) is 19.6. The van der Waals surface area contributed by atoms with Gasteiger partial charge in [0, 0.05) is 19.0 Å². The molecule has 8 heteroatoms. The highest BCUT2D eigenvalue weighted by Gasteiger charge is 2.39. The number of carboxylic acids is 1. The normalized spacial score (nSPS) is 19.8. The first-order valence-corrected chi connectivity index (χ1v) is 8.01. The van der Waals surface area contributed by atoms with Crippen LogP contribution in [0.2, 0.25) is 0 Å². The third kappa shape index (κ3) is 3.47. The summed E-state index contributed by atoms with van der Waals surface area (Å²) in [5.74, 6) is -0.907. The molecule has 0 saturated carbocycles. The van der Waals surface area contributed by atoms with Crippen molar-refractivity contribution in [3.63, 3.8) is 0 Å². The number of amides is 1. The fraction of sp³-hybridized carbons (Fsp3) is 0.412. The Bertz CT molecular complexity index is 775. The molecule has 1 aromatic carbocycles. The van der Waals surface area contributed by atoms with Gasteiger partial charge in [0.1, 0.15) is 5.75 Å². The molecule has 0 unspecified atom stereocenters. The number of nitrogens with one attached hydrogen (secondary N) is 1. The van der Waals surface area contributed by atoms with Crippen LogP contribution >= 0.6 is 0 Å². The summed E-state index contributed by atoms with van der Waals surface area (Å²) in [6, 6.07) is 5.43. The number of hydrogen-bond donors (Lipinski definition) is 2. The van der Waals surface area contributed by atoms with E-state index in [1.54, 1.807) is 23.2 Å². The molecule has 0 spiro atoms. The molecule has 1 aliphatic heterocycles. The van der Waals surface area contributed by atoms with E-state index >= 15 is 0 Å². The Balaban J connectivity index is 1.87. The van der Waals surface area contributed by atoms with Gasteiger partial charge in [-0.1, -0.05) is 11.6 Å². The number of likely N-dealkylation sites (tertiary alicyclic amines) is 1. The van der Waals surface area contributed by atoms with E-state index in [2.05, 4.69) is 15.4 Å². The van der Waals surface area contributed by atoms with E-state index in [-0.39, 0.29) is 24.2 Å². The zero-order valence-corrected chi connectivity index (χ0v) is 14.1. The molecular formula is C17H20N4O4. The second-order valence-corrected chi connectivity index (χ2v) is 6.27. The van der Waals surface area contributed by atoms with Crippen LogP contribution in [0.3, 0.4) is 0 Å². The number of rotatable bonds is 5. The highest BCUT2D eigenvalue weighted by Crippen LogP contribution is 2.35. The van der Waals surface area contributed by atoms with Crippen molar-refractivity contribution in [3.8, 4) is 5.75 Å². The van der Waals surface area contributed by atoms with Crippen LogP contribution in [0.5, 0.6) is 5.75 Å². The molecule has 25 heavy (non-hydrogen) atoms. The van der Waals surface area contributed by atoms with Crippen LogP contribution in [0.15, 0.2) is 24.4 Å². The Labute approximate surface area is 144 Å². The van der Waals surface area contributed by atoms with Crippen LogP contribution in [0, 0.1) is 12.8 Å². The van der Waals surface area contributed by atoms with E-state index in [9.17, 15) is 14.7 Å². The minimum atomic E-state index is -0.888. The molecule has 2 heterocycles. The second kappa shape index (κ2) is 6.92. The van der Waals surface area contributed by atoms with Gasteiger partial charge >= 0.3 is 5.97 Å². The van der Waals surface area contributed by atoms with Gasteiger partial charge in [-0.2, -0.15) is 15.4 Å². The van der Waals surface area contributed by atoms with Crippen molar-refractivity contribution in [2.24, 2.45) is 5.92 Å². The average Bonchev–Trinajstić information content (AvgIpc) is 3.23. The molecule has 1 aliphatic rings. The number of aromatic nitrogens is 3. The van der Waals surface area contributed by atoms with Gasteiger partial charge < -0.3 is 14.7 Å². The minimum Gasteiger partial charge on any atom is -0.496 e. The number of aryl methyl sites for hydroxylation is 1. The molecule has 2 N–H and O–H groups in total. The lowest BCUT2D eigenvalue weighted by Gasteiger charge is -2.18. The Morgan fingerprint density at radius 3 is 2.84 bits per heavy atom. The Morgan fingerprint density at radius 2 is 2.20 bits per heavy atom. The Kier molecular flexibility index (Phi) is 4.69. The molecule has 0 radical (unpaired) electrons. The van der Waals surface area contributed by atoms with Crippen molar-refractivity contribution < 1.29 is 19.4 Å². The number of benzene rings is 1. The molecule has 1 saturated heterocycles. The van der Waals surface area contributed by atoms with Gasteiger partial charge in [-0.3, -0.25) is 9.59 Å². The summed E-state index contributed by atoms with van der Waals surface area (Å²) in [6.07, 6.45) is 1.56. The van der Waals surface area contributed by atoms with E-state index in [0.717, 1.165) is 5.56 Å². The number of carboxylic acid groups (broad SMARTS) is 1.